The average Bonchev–Trinajstić information content (AvgIpc) is 3.33. The van der Waals surface area contributed by atoms with Crippen LogP contribution in [0.3, 0.4) is 0 Å². The summed E-state index contributed by atoms with van der Waals surface area (Å²) in [5.74, 6) is 0.798. The number of nitrogens with zero attached hydrogens (tertiary/aromatic N) is 3. The molecule has 1 atom stereocenters. The molecule has 4 heterocycles. The Morgan fingerprint density at radius 1 is 1.17 bits per heavy atom. The number of morpholine rings is 1. The summed E-state index contributed by atoms with van der Waals surface area (Å²) in [6.07, 6.45) is 4.41. The van der Waals surface area contributed by atoms with Crippen molar-refractivity contribution in [3.63, 3.8) is 0 Å². The molecule has 4 rings (SSSR count). The highest BCUT2D eigenvalue weighted by Crippen LogP contribution is 2.22. The van der Waals surface area contributed by atoms with Gasteiger partial charge in [-0.05, 0) is 42.3 Å². The molecule has 0 bridgehead atoms. The molecular formula is C21H26N4O3S. The average molecular weight is 415 g/mol. The van der Waals surface area contributed by atoms with Crippen LogP contribution < -0.4 is 10.2 Å². The summed E-state index contributed by atoms with van der Waals surface area (Å²) in [6.45, 7) is 4.18. The minimum atomic E-state index is -0.404. The molecule has 8 heteroatoms. The van der Waals surface area contributed by atoms with Gasteiger partial charge in [-0.3, -0.25) is 9.59 Å². The molecule has 2 aliphatic heterocycles. The van der Waals surface area contributed by atoms with Gasteiger partial charge in [-0.2, -0.15) is 0 Å². The highest BCUT2D eigenvalue weighted by molar-refractivity contribution is 7.12. The number of hydrogen-bond acceptors (Lipinski definition) is 6. The molecule has 0 saturated carbocycles. The Morgan fingerprint density at radius 2 is 2.03 bits per heavy atom. The molecule has 2 saturated heterocycles. The van der Waals surface area contributed by atoms with Gasteiger partial charge in [0.2, 0.25) is 5.91 Å². The van der Waals surface area contributed by atoms with Crippen molar-refractivity contribution in [1.82, 2.24) is 15.2 Å². The van der Waals surface area contributed by atoms with Gasteiger partial charge in [-0.15, -0.1) is 11.3 Å². The predicted octanol–water partition coefficient (Wildman–Crippen LogP) is 2.29. The maximum Gasteiger partial charge on any atom is 0.264 e. The molecule has 29 heavy (non-hydrogen) atoms. The number of hydrogen-bond donors (Lipinski definition) is 1. The van der Waals surface area contributed by atoms with E-state index in [4.69, 9.17) is 4.74 Å². The lowest BCUT2D eigenvalue weighted by Crippen LogP contribution is -2.51. The standard InChI is InChI=1S/C21H26N4O3S/c26-20(17-4-1-2-8-25(17)21(27)18-5-3-13-29-18)23-15-16-6-7-19(22-14-16)24-9-11-28-12-10-24/h3,5-7,13-14,17H,1-2,4,8-12,15H2,(H,23,26). The van der Waals surface area contributed by atoms with E-state index in [0.717, 1.165) is 50.5 Å². The molecule has 154 valence electrons. The Balaban J connectivity index is 1.34. The van der Waals surface area contributed by atoms with Crippen LogP contribution in [0.4, 0.5) is 5.82 Å². The van der Waals surface area contributed by atoms with Crippen LogP contribution in [0.25, 0.3) is 0 Å². The molecule has 2 amide bonds. The lowest BCUT2D eigenvalue weighted by Gasteiger charge is -2.34. The number of nitrogens with one attached hydrogen (secondary N) is 1. The van der Waals surface area contributed by atoms with Gasteiger partial charge in [0.15, 0.2) is 0 Å². The lowest BCUT2D eigenvalue weighted by atomic mass is 10.0. The van der Waals surface area contributed by atoms with Gasteiger partial charge in [0.05, 0.1) is 18.1 Å². The Kier molecular flexibility index (Phi) is 6.41. The molecule has 2 fully saturated rings. The predicted molar refractivity (Wildman–Crippen MR) is 112 cm³/mol. The number of amides is 2. The molecule has 7 nitrogen and oxygen atoms in total. The quantitative estimate of drug-likeness (QED) is 0.813. The van der Waals surface area contributed by atoms with Crippen LogP contribution in [0.15, 0.2) is 35.8 Å². The number of rotatable bonds is 5. The summed E-state index contributed by atoms with van der Waals surface area (Å²) in [5, 5.41) is 4.88. The molecule has 2 aliphatic rings. The Hall–Kier alpha value is -2.45. The Bertz CT molecular complexity index is 819. The topological polar surface area (TPSA) is 74.8 Å². The van der Waals surface area contributed by atoms with E-state index in [1.807, 2.05) is 29.6 Å². The van der Waals surface area contributed by atoms with Crippen molar-refractivity contribution in [3.8, 4) is 0 Å². The third-order valence-corrected chi connectivity index (χ3v) is 6.27. The molecule has 0 radical (unpaired) electrons. The van der Waals surface area contributed by atoms with Crippen molar-refractivity contribution in [3.05, 3.63) is 46.3 Å². The molecule has 0 spiro atoms. The normalized spacial score (nSPS) is 19.8. The largest absolute Gasteiger partial charge is 0.378 e. The van der Waals surface area contributed by atoms with Gasteiger partial charge >= 0.3 is 0 Å². The summed E-state index contributed by atoms with van der Waals surface area (Å²) < 4.78 is 5.37. The van der Waals surface area contributed by atoms with Crippen LogP contribution in [-0.4, -0.2) is 60.6 Å². The first-order valence-corrected chi connectivity index (χ1v) is 11.0. The van der Waals surface area contributed by atoms with Crippen molar-refractivity contribution < 1.29 is 14.3 Å². The number of aromatic nitrogens is 1. The fraction of sp³-hybridized carbons (Fsp3) is 0.476. The first-order chi connectivity index (χ1) is 14.2. The zero-order chi connectivity index (χ0) is 20.1. The summed E-state index contributed by atoms with van der Waals surface area (Å²) in [5.41, 5.74) is 0.947. The second-order valence-electron chi connectivity index (χ2n) is 7.33. The summed E-state index contributed by atoms with van der Waals surface area (Å²) in [7, 11) is 0. The number of ether oxygens (including phenoxy) is 1. The SMILES string of the molecule is O=C(NCc1ccc(N2CCOCC2)nc1)C1CCCCN1C(=O)c1cccs1. The molecule has 2 aromatic rings. The van der Waals surface area contributed by atoms with Gasteiger partial charge in [0.1, 0.15) is 11.9 Å². The highest BCUT2D eigenvalue weighted by Gasteiger charge is 2.32. The van der Waals surface area contributed by atoms with Crippen molar-refractivity contribution in [2.24, 2.45) is 0 Å². The fourth-order valence-corrected chi connectivity index (χ4v) is 4.48. The lowest BCUT2D eigenvalue weighted by molar-refractivity contribution is -0.126. The van der Waals surface area contributed by atoms with Gasteiger partial charge < -0.3 is 19.9 Å². The third-order valence-electron chi connectivity index (χ3n) is 5.41. The van der Waals surface area contributed by atoms with Gasteiger partial charge in [0.25, 0.3) is 5.91 Å². The van der Waals surface area contributed by atoms with Crippen LogP contribution in [0.1, 0.15) is 34.5 Å². The molecule has 1 unspecified atom stereocenters. The minimum Gasteiger partial charge on any atom is -0.378 e. The molecular weight excluding hydrogens is 388 g/mol. The number of likely N-dealkylation sites (tertiary alicyclic amines) is 1. The van der Waals surface area contributed by atoms with Crippen molar-refractivity contribution in [2.75, 3.05) is 37.7 Å². The summed E-state index contributed by atoms with van der Waals surface area (Å²) in [6, 6.07) is 7.26. The van der Waals surface area contributed by atoms with Crippen LogP contribution in [0.5, 0.6) is 0 Å². The van der Waals surface area contributed by atoms with E-state index in [-0.39, 0.29) is 11.8 Å². The Labute approximate surface area is 174 Å². The van der Waals surface area contributed by atoms with Crippen LogP contribution in [-0.2, 0) is 16.1 Å². The molecule has 1 N–H and O–H groups in total. The molecule has 2 aromatic heterocycles. The van der Waals surface area contributed by atoms with E-state index in [2.05, 4.69) is 15.2 Å². The third kappa shape index (κ3) is 4.76. The minimum absolute atomic E-state index is 0.0450. The summed E-state index contributed by atoms with van der Waals surface area (Å²) >= 11 is 1.42. The first-order valence-electron chi connectivity index (χ1n) is 10.1. The second kappa shape index (κ2) is 9.37. The highest BCUT2D eigenvalue weighted by atomic mass is 32.1. The van der Waals surface area contributed by atoms with Crippen molar-refractivity contribution in [2.45, 2.75) is 31.8 Å². The smallest absolute Gasteiger partial charge is 0.264 e. The molecule has 0 aliphatic carbocycles. The van der Waals surface area contributed by atoms with Crippen molar-refractivity contribution in [1.29, 1.82) is 0 Å². The maximum atomic E-state index is 12.8. The van der Waals surface area contributed by atoms with E-state index >= 15 is 0 Å². The van der Waals surface area contributed by atoms with E-state index in [0.29, 0.717) is 24.4 Å². The monoisotopic (exact) mass is 414 g/mol. The van der Waals surface area contributed by atoms with E-state index in [1.165, 1.54) is 11.3 Å². The maximum absolute atomic E-state index is 12.8. The zero-order valence-corrected chi connectivity index (χ0v) is 17.2. The van der Waals surface area contributed by atoms with Gasteiger partial charge in [-0.1, -0.05) is 12.1 Å². The Morgan fingerprint density at radius 3 is 2.76 bits per heavy atom. The van der Waals surface area contributed by atoms with Crippen LogP contribution in [0, 0.1) is 0 Å². The molecule has 0 aromatic carbocycles. The van der Waals surface area contributed by atoms with Gasteiger partial charge in [0, 0.05) is 32.4 Å². The van der Waals surface area contributed by atoms with Crippen LogP contribution in [0.2, 0.25) is 0 Å². The fourth-order valence-electron chi connectivity index (χ4n) is 3.80. The number of carbonyl (C=O) groups is 2. The second-order valence-corrected chi connectivity index (χ2v) is 8.28. The number of pyridine rings is 1. The number of anilines is 1. The number of piperidine rings is 1. The zero-order valence-electron chi connectivity index (χ0n) is 16.4. The van der Waals surface area contributed by atoms with E-state index < -0.39 is 6.04 Å². The summed E-state index contributed by atoms with van der Waals surface area (Å²) in [4.78, 5) is 34.7. The van der Waals surface area contributed by atoms with E-state index in [9.17, 15) is 9.59 Å². The number of thiophene rings is 1. The van der Waals surface area contributed by atoms with Crippen molar-refractivity contribution >= 4 is 29.0 Å². The first kappa shape index (κ1) is 19.8. The van der Waals surface area contributed by atoms with E-state index in [1.54, 1.807) is 11.1 Å². The van der Waals surface area contributed by atoms with Crippen LogP contribution >= 0.6 is 11.3 Å². The van der Waals surface area contributed by atoms with Gasteiger partial charge in [-0.25, -0.2) is 4.98 Å². The number of carbonyl (C=O) groups excluding carboxylic acids is 2.